The van der Waals surface area contributed by atoms with Crippen LogP contribution in [0, 0.1) is 18.3 Å². The van der Waals surface area contributed by atoms with Crippen molar-refractivity contribution in [3.05, 3.63) is 29.3 Å². The average molecular weight is 228 g/mol. The van der Waals surface area contributed by atoms with Gasteiger partial charge in [0.05, 0.1) is 11.3 Å². The zero-order valence-electron chi connectivity index (χ0n) is 10.7. The van der Waals surface area contributed by atoms with Crippen LogP contribution in [0.1, 0.15) is 43.7 Å². The van der Waals surface area contributed by atoms with Crippen LogP contribution in [-0.2, 0) is 0 Å². The molecule has 1 aromatic carbocycles. The van der Waals surface area contributed by atoms with Crippen LogP contribution in [0.15, 0.2) is 18.2 Å². The van der Waals surface area contributed by atoms with Crippen molar-refractivity contribution in [3.63, 3.8) is 0 Å². The fourth-order valence-corrected chi connectivity index (χ4v) is 2.61. The molecule has 0 spiro atoms. The molecule has 1 unspecified atom stereocenters. The molecule has 0 aliphatic carbocycles. The van der Waals surface area contributed by atoms with Gasteiger partial charge in [0.2, 0.25) is 0 Å². The Labute approximate surface area is 104 Å². The van der Waals surface area contributed by atoms with Gasteiger partial charge in [0, 0.05) is 12.6 Å². The van der Waals surface area contributed by atoms with Crippen LogP contribution in [0.3, 0.4) is 0 Å². The van der Waals surface area contributed by atoms with Crippen molar-refractivity contribution in [2.24, 2.45) is 0 Å². The molecule has 0 aromatic heterocycles. The summed E-state index contributed by atoms with van der Waals surface area (Å²) >= 11 is 0. The standard InChI is InChI=1S/C15H20N2/c1-12-7-8-14(11-16)15(10-12)17-9-5-3-4-6-13(17)2/h7-8,10,13H,3-6,9H2,1-2H3. The monoisotopic (exact) mass is 228 g/mol. The molecule has 0 N–H and O–H groups in total. The zero-order valence-corrected chi connectivity index (χ0v) is 10.7. The molecule has 2 heteroatoms. The lowest BCUT2D eigenvalue weighted by Crippen LogP contribution is -2.33. The molecule has 1 atom stereocenters. The van der Waals surface area contributed by atoms with Gasteiger partial charge >= 0.3 is 0 Å². The van der Waals surface area contributed by atoms with Gasteiger partial charge in [0.15, 0.2) is 0 Å². The maximum absolute atomic E-state index is 9.22. The summed E-state index contributed by atoms with van der Waals surface area (Å²) in [7, 11) is 0. The SMILES string of the molecule is Cc1ccc(C#N)c(N2CCCCCC2C)c1. The minimum Gasteiger partial charge on any atom is -0.368 e. The summed E-state index contributed by atoms with van der Waals surface area (Å²) in [4.78, 5) is 2.42. The Morgan fingerprint density at radius 3 is 2.88 bits per heavy atom. The molecule has 90 valence electrons. The van der Waals surface area contributed by atoms with Crippen molar-refractivity contribution in [2.75, 3.05) is 11.4 Å². The first-order chi connectivity index (χ1) is 8.22. The van der Waals surface area contributed by atoms with E-state index in [1.54, 1.807) is 0 Å². The summed E-state index contributed by atoms with van der Waals surface area (Å²) in [6, 6.07) is 8.99. The largest absolute Gasteiger partial charge is 0.368 e. The van der Waals surface area contributed by atoms with Crippen LogP contribution < -0.4 is 4.90 Å². The van der Waals surface area contributed by atoms with Gasteiger partial charge in [0.1, 0.15) is 6.07 Å². The molecule has 1 saturated heterocycles. The molecule has 0 amide bonds. The van der Waals surface area contributed by atoms with Crippen LogP contribution in [0.25, 0.3) is 0 Å². The average Bonchev–Trinajstić information content (AvgIpc) is 2.54. The highest BCUT2D eigenvalue weighted by Gasteiger charge is 2.19. The van der Waals surface area contributed by atoms with E-state index in [0.29, 0.717) is 6.04 Å². The van der Waals surface area contributed by atoms with E-state index < -0.39 is 0 Å². The van der Waals surface area contributed by atoms with E-state index in [1.165, 1.54) is 31.2 Å². The highest BCUT2D eigenvalue weighted by atomic mass is 15.2. The van der Waals surface area contributed by atoms with Gasteiger partial charge < -0.3 is 4.90 Å². The van der Waals surface area contributed by atoms with Gasteiger partial charge in [-0.3, -0.25) is 0 Å². The Kier molecular flexibility index (Phi) is 3.68. The molecule has 0 bridgehead atoms. The molecule has 17 heavy (non-hydrogen) atoms. The lowest BCUT2D eigenvalue weighted by molar-refractivity contribution is 0.615. The van der Waals surface area contributed by atoms with Gasteiger partial charge in [-0.1, -0.05) is 18.9 Å². The maximum atomic E-state index is 9.22. The van der Waals surface area contributed by atoms with E-state index in [-0.39, 0.29) is 0 Å². The first-order valence-electron chi connectivity index (χ1n) is 6.50. The molecular formula is C15H20N2. The third-order valence-corrected chi connectivity index (χ3v) is 3.64. The predicted octanol–water partition coefficient (Wildman–Crippen LogP) is 3.64. The van der Waals surface area contributed by atoms with Gasteiger partial charge in [-0.25, -0.2) is 0 Å². The summed E-state index contributed by atoms with van der Waals surface area (Å²) in [5, 5.41) is 9.22. The molecule has 2 nitrogen and oxygen atoms in total. The first kappa shape index (κ1) is 12.0. The Bertz CT molecular complexity index is 431. The zero-order chi connectivity index (χ0) is 12.3. The number of aryl methyl sites for hydroxylation is 1. The summed E-state index contributed by atoms with van der Waals surface area (Å²) in [6.07, 6.45) is 5.10. The Morgan fingerprint density at radius 2 is 2.12 bits per heavy atom. The van der Waals surface area contributed by atoms with Crippen molar-refractivity contribution in [2.45, 2.75) is 45.6 Å². The third kappa shape index (κ3) is 2.61. The van der Waals surface area contributed by atoms with Crippen LogP contribution >= 0.6 is 0 Å². The van der Waals surface area contributed by atoms with Crippen LogP contribution in [-0.4, -0.2) is 12.6 Å². The molecule has 1 aliphatic heterocycles. The number of hydrogen-bond acceptors (Lipinski definition) is 2. The summed E-state index contributed by atoms with van der Waals surface area (Å²) in [5.41, 5.74) is 3.17. The van der Waals surface area contributed by atoms with Crippen molar-refractivity contribution >= 4 is 5.69 Å². The van der Waals surface area contributed by atoms with Crippen molar-refractivity contribution in [1.82, 2.24) is 0 Å². The minimum atomic E-state index is 0.548. The fraction of sp³-hybridized carbons (Fsp3) is 0.533. The van der Waals surface area contributed by atoms with Gasteiger partial charge in [-0.05, 0) is 44.4 Å². The van der Waals surface area contributed by atoms with Gasteiger partial charge in [-0.2, -0.15) is 5.26 Å². The highest BCUT2D eigenvalue weighted by Crippen LogP contribution is 2.27. The Hall–Kier alpha value is -1.49. The van der Waals surface area contributed by atoms with Crippen LogP contribution in [0.2, 0.25) is 0 Å². The van der Waals surface area contributed by atoms with Crippen molar-refractivity contribution < 1.29 is 0 Å². The molecule has 1 heterocycles. The summed E-state index contributed by atoms with van der Waals surface area (Å²) in [5.74, 6) is 0. The Morgan fingerprint density at radius 1 is 1.29 bits per heavy atom. The molecule has 1 aliphatic rings. The summed E-state index contributed by atoms with van der Waals surface area (Å²) in [6.45, 7) is 5.45. The number of rotatable bonds is 1. The van der Waals surface area contributed by atoms with E-state index in [4.69, 9.17) is 0 Å². The summed E-state index contributed by atoms with van der Waals surface area (Å²) < 4.78 is 0. The smallest absolute Gasteiger partial charge is 0.101 e. The second-order valence-electron chi connectivity index (χ2n) is 5.02. The Balaban J connectivity index is 2.37. The third-order valence-electron chi connectivity index (χ3n) is 3.64. The molecule has 2 rings (SSSR count). The van der Waals surface area contributed by atoms with E-state index >= 15 is 0 Å². The van der Waals surface area contributed by atoms with Gasteiger partial charge in [-0.15, -0.1) is 0 Å². The first-order valence-corrected chi connectivity index (χ1v) is 6.50. The van der Waals surface area contributed by atoms with E-state index in [1.807, 2.05) is 12.1 Å². The quantitative estimate of drug-likeness (QED) is 0.733. The predicted molar refractivity (Wildman–Crippen MR) is 71.2 cm³/mol. The molecule has 1 aromatic rings. The second kappa shape index (κ2) is 5.23. The normalized spacial score (nSPS) is 20.8. The number of anilines is 1. The second-order valence-corrected chi connectivity index (χ2v) is 5.02. The molecule has 1 fully saturated rings. The van der Waals surface area contributed by atoms with Crippen LogP contribution in [0.4, 0.5) is 5.69 Å². The van der Waals surface area contributed by atoms with Crippen molar-refractivity contribution in [1.29, 1.82) is 5.26 Å². The molecule has 0 saturated carbocycles. The number of nitrogens with zero attached hydrogens (tertiary/aromatic N) is 2. The van der Waals surface area contributed by atoms with E-state index in [2.05, 4.69) is 30.9 Å². The van der Waals surface area contributed by atoms with Crippen LogP contribution in [0.5, 0.6) is 0 Å². The molecule has 0 radical (unpaired) electrons. The lowest BCUT2D eigenvalue weighted by Gasteiger charge is -2.30. The topological polar surface area (TPSA) is 27.0 Å². The fourth-order valence-electron chi connectivity index (χ4n) is 2.61. The molecular weight excluding hydrogens is 208 g/mol. The lowest BCUT2D eigenvalue weighted by atomic mass is 10.1. The van der Waals surface area contributed by atoms with E-state index in [0.717, 1.165) is 17.8 Å². The number of nitriles is 1. The number of benzene rings is 1. The number of hydrogen-bond donors (Lipinski definition) is 0. The maximum Gasteiger partial charge on any atom is 0.101 e. The van der Waals surface area contributed by atoms with Crippen molar-refractivity contribution in [3.8, 4) is 6.07 Å². The minimum absolute atomic E-state index is 0.548. The highest BCUT2D eigenvalue weighted by molar-refractivity contribution is 5.61. The van der Waals surface area contributed by atoms with E-state index in [9.17, 15) is 5.26 Å². The van der Waals surface area contributed by atoms with Gasteiger partial charge in [0.25, 0.3) is 0 Å².